The van der Waals surface area contributed by atoms with Gasteiger partial charge in [-0.05, 0) is 30.4 Å². The van der Waals surface area contributed by atoms with Crippen molar-refractivity contribution in [1.82, 2.24) is 25.0 Å². The smallest absolute Gasteiger partial charge is 0.392 e. The summed E-state index contributed by atoms with van der Waals surface area (Å²) in [6, 6.07) is 10.4. The highest BCUT2D eigenvalue weighted by Crippen LogP contribution is 2.41. The van der Waals surface area contributed by atoms with Crippen LogP contribution in [0.2, 0.25) is 0 Å². The van der Waals surface area contributed by atoms with E-state index in [1.165, 1.54) is 7.05 Å². The predicted molar refractivity (Wildman–Crippen MR) is 123 cm³/mol. The molecular weight excluding hydrogens is 472 g/mol. The summed E-state index contributed by atoms with van der Waals surface area (Å²) in [4.78, 5) is 43.0. The average molecular weight is 498 g/mol. The zero-order chi connectivity index (χ0) is 25.4. The van der Waals surface area contributed by atoms with Gasteiger partial charge in [0.15, 0.2) is 0 Å². The fourth-order valence-electron chi connectivity index (χ4n) is 4.54. The van der Waals surface area contributed by atoms with Crippen LogP contribution < -0.4 is 11.1 Å². The quantitative estimate of drug-likeness (QED) is 0.501. The van der Waals surface area contributed by atoms with Crippen molar-refractivity contribution in [2.45, 2.75) is 49.9 Å². The van der Waals surface area contributed by atoms with Crippen LogP contribution in [-0.2, 0) is 23.1 Å². The maximum atomic E-state index is 14.7. The molecule has 2 fully saturated rings. The van der Waals surface area contributed by atoms with E-state index in [1.54, 1.807) is 36.4 Å². The van der Waals surface area contributed by atoms with Crippen molar-refractivity contribution in [3.05, 3.63) is 81.7 Å². The van der Waals surface area contributed by atoms with Gasteiger partial charge in [0.1, 0.15) is 18.6 Å². The molecule has 2 amide bonds. The van der Waals surface area contributed by atoms with Gasteiger partial charge in [0.05, 0.1) is 18.3 Å². The zero-order valence-electron chi connectivity index (χ0n) is 19.6. The first-order chi connectivity index (χ1) is 17.3. The van der Waals surface area contributed by atoms with Gasteiger partial charge in [0.2, 0.25) is 23.7 Å². The molecule has 1 aliphatic carbocycles. The summed E-state index contributed by atoms with van der Waals surface area (Å²) in [6.07, 6.45) is -0.120. The Morgan fingerprint density at radius 2 is 1.94 bits per heavy atom. The molecular formula is C25H25F2N5O4. The molecule has 11 heteroatoms. The molecule has 3 atom stereocenters. The summed E-state index contributed by atoms with van der Waals surface area (Å²) in [5.41, 5.74) is 1.53. The Hall–Kier alpha value is -3.89. The van der Waals surface area contributed by atoms with E-state index in [0.717, 1.165) is 22.4 Å². The summed E-state index contributed by atoms with van der Waals surface area (Å²) in [5, 5.41) is 6.67. The predicted octanol–water partition coefficient (Wildman–Crippen LogP) is 2.17. The van der Waals surface area contributed by atoms with Crippen molar-refractivity contribution in [3.8, 4) is 0 Å². The van der Waals surface area contributed by atoms with Crippen molar-refractivity contribution in [1.29, 1.82) is 0 Å². The molecule has 188 valence electrons. The van der Waals surface area contributed by atoms with Gasteiger partial charge < -0.3 is 14.6 Å². The highest BCUT2D eigenvalue weighted by molar-refractivity contribution is 5.89. The molecule has 3 heterocycles. The molecule has 1 aromatic carbocycles. The van der Waals surface area contributed by atoms with E-state index in [0.29, 0.717) is 16.8 Å². The van der Waals surface area contributed by atoms with Crippen LogP contribution in [0.25, 0.3) is 0 Å². The standard InChI is InChI=1S/C25H25F2N5O4/c1-31-25(35)36-20(30-31)12-21(33)32-13-16(26)11-19(32)24(34)29-22(15-5-3-2-4-6-15)18-10-9-17(14-7-8-14)23(27)28-18/h2-6,9-10,14,16,19,22H,7-8,11-13H2,1H3,(H,29,34). The van der Waals surface area contributed by atoms with Crippen LogP contribution >= 0.6 is 0 Å². The Kier molecular flexibility index (Phi) is 6.38. The molecule has 0 bridgehead atoms. The second-order valence-electron chi connectivity index (χ2n) is 9.20. The Morgan fingerprint density at radius 1 is 1.19 bits per heavy atom. The van der Waals surface area contributed by atoms with Crippen LogP contribution in [0, 0.1) is 5.95 Å². The van der Waals surface area contributed by atoms with Crippen molar-refractivity contribution in [3.63, 3.8) is 0 Å². The molecule has 1 saturated heterocycles. The van der Waals surface area contributed by atoms with E-state index in [1.807, 2.05) is 6.07 Å². The highest BCUT2D eigenvalue weighted by Gasteiger charge is 2.41. The van der Waals surface area contributed by atoms with E-state index in [4.69, 9.17) is 4.42 Å². The van der Waals surface area contributed by atoms with Crippen molar-refractivity contribution in [2.24, 2.45) is 7.05 Å². The van der Waals surface area contributed by atoms with Gasteiger partial charge in [0.25, 0.3) is 0 Å². The fourth-order valence-corrected chi connectivity index (χ4v) is 4.54. The normalized spacial score (nSPS) is 20.4. The van der Waals surface area contributed by atoms with E-state index in [9.17, 15) is 23.2 Å². The van der Waals surface area contributed by atoms with Crippen molar-refractivity contribution < 1.29 is 22.8 Å². The lowest BCUT2D eigenvalue weighted by Crippen LogP contribution is -2.47. The molecule has 0 radical (unpaired) electrons. The number of carbonyl (C=O) groups is 2. The summed E-state index contributed by atoms with van der Waals surface area (Å²) >= 11 is 0. The van der Waals surface area contributed by atoms with Crippen LogP contribution in [0.1, 0.15) is 53.9 Å². The Morgan fingerprint density at radius 3 is 2.58 bits per heavy atom. The minimum Gasteiger partial charge on any atom is -0.392 e. The number of aromatic nitrogens is 3. The summed E-state index contributed by atoms with van der Waals surface area (Å²) < 4.78 is 35.0. The van der Waals surface area contributed by atoms with Crippen LogP contribution in [0.15, 0.2) is 51.7 Å². The lowest BCUT2D eigenvalue weighted by atomic mass is 10.0. The Labute approximate surface area is 205 Å². The number of aryl methyl sites for hydroxylation is 1. The topological polar surface area (TPSA) is 110 Å². The summed E-state index contributed by atoms with van der Waals surface area (Å²) in [7, 11) is 1.38. The lowest BCUT2D eigenvalue weighted by Gasteiger charge is -2.26. The number of nitrogens with zero attached hydrogens (tertiary/aromatic N) is 4. The second kappa shape index (κ2) is 9.63. The molecule has 3 aromatic rings. The number of alkyl halides is 1. The third-order valence-corrected chi connectivity index (χ3v) is 6.54. The van der Waals surface area contributed by atoms with Crippen LogP contribution in [0.3, 0.4) is 0 Å². The summed E-state index contributed by atoms with van der Waals surface area (Å²) in [5.74, 6) is -2.41. The first-order valence-electron chi connectivity index (χ1n) is 11.8. The van der Waals surface area contributed by atoms with Crippen LogP contribution in [0.4, 0.5) is 8.78 Å². The van der Waals surface area contributed by atoms with E-state index >= 15 is 0 Å². The van der Waals surface area contributed by atoms with E-state index in [2.05, 4.69) is 15.4 Å². The third-order valence-electron chi connectivity index (χ3n) is 6.54. The van der Waals surface area contributed by atoms with Gasteiger partial charge in [-0.15, -0.1) is 5.10 Å². The lowest BCUT2D eigenvalue weighted by molar-refractivity contribution is -0.138. The van der Waals surface area contributed by atoms with Crippen LogP contribution in [0.5, 0.6) is 0 Å². The molecule has 1 aliphatic heterocycles. The monoisotopic (exact) mass is 497 g/mol. The van der Waals surface area contributed by atoms with Gasteiger partial charge in [0, 0.05) is 19.0 Å². The van der Waals surface area contributed by atoms with E-state index < -0.39 is 41.8 Å². The molecule has 1 N–H and O–H groups in total. The number of hydrogen-bond acceptors (Lipinski definition) is 6. The minimum atomic E-state index is -1.40. The number of nitrogens with one attached hydrogen (secondary N) is 1. The first kappa shape index (κ1) is 23.8. The maximum absolute atomic E-state index is 14.7. The van der Waals surface area contributed by atoms with Crippen LogP contribution in [-0.4, -0.2) is 50.2 Å². The number of pyridine rings is 1. The maximum Gasteiger partial charge on any atom is 0.436 e. The molecule has 3 unspecified atom stereocenters. The molecule has 2 aliphatic rings. The van der Waals surface area contributed by atoms with Gasteiger partial charge in [-0.3, -0.25) is 9.59 Å². The van der Waals surface area contributed by atoms with E-state index in [-0.39, 0.29) is 31.2 Å². The van der Waals surface area contributed by atoms with Gasteiger partial charge >= 0.3 is 5.76 Å². The number of likely N-dealkylation sites (tertiary alicyclic amines) is 1. The average Bonchev–Trinajstić information content (AvgIpc) is 3.54. The molecule has 36 heavy (non-hydrogen) atoms. The second-order valence-corrected chi connectivity index (χ2v) is 9.20. The number of rotatable bonds is 7. The molecule has 0 spiro atoms. The Bertz CT molecular complexity index is 1340. The summed E-state index contributed by atoms with van der Waals surface area (Å²) in [6.45, 7) is -0.271. The molecule has 2 aromatic heterocycles. The fraction of sp³-hybridized carbons (Fsp3) is 0.400. The number of halogens is 2. The van der Waals surface area contributed by atoms with Gasteiger partial charge in [-0.2, -0.15) is 9.07 Å². The zero-order valence-corrected chi connectivity index (χ0v) is 19.6. The number of carbonyl (C=O) groups excluding carboxylic acids is 2. The molecule has 9 nitrogen and oxygen atoms in total. The first-order valence-corrected chi connectivity index (χ1v) is 11.8. The SMILES string of the molecule is Cn1nc(CC(=O)N2CC(F)CC2C(=O)NC(c2ccccc2)c2ccc(C3CC3)c(F)n2)oc1=O. The molecule has 1 saturated carbocycles. The number of hydrogen-bond donors (Lipinski definition) is 1. The third kappa shape index (κ3) is 4.91. The minimum absolute atomic E-state index is 0.119. The largest absolute Gasteiger partial charge is 0.436 e. The number of amides is 2. The highest BCUT2D eigenvalue weighted by atomic mass is 19.1. The van der Waals surface area contributed by atoms with Crippen molar-refractivity contribution in [2.75, 3.05) is 6.54 Å². The van der Waals surface area contributed by atoms with Crippen molar-refractivity contribution >= 4 is 11.8 Å². The molecule has 5 rings (SSSR count). The number of benzene rings is 1. The van der Waals surface area contributed by atoms with Gasteiger partial charge in [-0.1, -0.05) is 36.4 Å². The van der Waals surface area contributed by atoms with Gasteiger partial charge in [-0.25, -0.2) is 14.2 Å². The Balaban J connectivity index is 1.38.